The fraction of sp³-hybridized carbons (Fsp3) is 0.207. The molecule has 0 aliphatic rings. The molecule has 0 aliphatic heterocycles. The van der Waals surface area contributed by atoms with Gasteiger partial charge in [-0.25, -0.2) is 13.9 Å². The molecule has 11 nitrogen and oxygen atoms in total. The molecule has 6 N–H and O–H groups in total. The molecular weight excluding hydrogens is 548 g/mol. The van der Waals surface area contributed by atoms with Gasteiger partial charge in [0, 0.05) is 35.2 Å². The summed E-state index contributed by atoms with van der Waals surface area (Å²) in [6, 6.07) is 18.4. The van der Waals surface area contributed by atoms with E-state index in [1.54, 1.807) is 48.5 Å². The third-order valence-corrected chi connectivity index (χ3v) is 6.92. The minimum atomic E-state index is -3.25. The minimum absolute atomic E-state index is 0.0672. The summed E-state index contributed by atoms with van der Waals surface area (Å²) in [5, 5.41) is 26.6. The molecule has 3 amide bonds. The third kappa shape index (κ3) is 9.55. The van der Waals surface area contributed by atoms with Crippen molar-refractivity contribution >= 4 is 33.2 Å². The first kappa shape index (κ1) is 31.0. The van der Waals surface area contributed by atoms with Gasteiger partial charge >= 0.3 is 0 Å². The van der Waals surface area contributed by atoms with E-state index >= 15 is 0 Å². The van der Waals surface area contributed by atoms with Crippen molar-refractivity contribution in [1.29, 1.82) is 0 Å². The van der Waals surface area contributed by atoms with Gasteiger partial charge in [0.05, 0.1) is 17.5 Å². The Morgan fingerprint density at radius 1 is 0.878 bits per heavy atom. The molecule has 0 aromatic heterocycles. The predicted molar refractivity (Wildman–Crippen MR) is 152 cm³/mol. The van der Waals surface area contributed by atoms with Crippen molar-refractivity contribution in [3.05, 3.63) is 95.1 Å². The molecule has 0 radical (unpaired) electrons. The van der Waals surface area contributed by atoms with Crippen molar-refractivity contribution in [2.24, 2.45) is 0 Å². The van der Waals surface area contributed by atoms with Crippen LogP contribution in [-0.4, -0.2) is 61.4 Å². The van der Waals surface area contributed by atoms with Crippen LogP contribution < -0.4 is 21.4 Å². The second kappa shape index (κ2) is 14.2. The van der Waals surface area contributed by atoms with Gasteiger partial charge in [-0.1, -0.05) is 24.0 Å². The Morgan fingerprint density at radius 2 is 1.44 bits per heavy atom. The zero-order chi connectivity index (χ0) is 30.0. The summed E-state index contributed by atoms with van der Waals surface area (Å²) < 4.78 is 23.1. The van der Waals surface area contributed by atoms with Crippen molar-refractivity contribution in [2.45, 2.75) is 30.5 Å². The summed E-state index contributed by atoms with van der Waals surface area (Å²) in [5.41, 5.74) is 4.44. The Labute approximate surface area is 237 Å². The summed E-state index contributed by atoms with van der Waals surface area (Å²) in [4.78, 5) is 36.5. The van der Waals surface area contributed by atoms with Gasteiger partial charge in [-0.15, -0.1) is 0 Å². The van der Waals surface area contributed by atoms with Crippen LogP contribution in [0.3, 0.4) is 0 Å². The number of aliphatic hydroxyl groups excluding tert-OH is 1. The number of nitrogens with one attached hydrogen (secondary N) is 4. The lowest BCUT2D eigenvalue weighted by Gasteiger charge is -2.19. The largest absolute Gasteiger partial charge is 0.391 e. The van der Waals surface area contributed by atoms with Gasteiger partial charge in [0.1, 0.15) is 6.04 Å². The lowest BCUT2D eigenvalue weighted by atomic mass is 10.1. The summed E-state index contributed by atoms with van der Waals surface area (Å²) in [7, 11) is -3.25. The van der Waals surface area contributed by atoms with Crippen LogP contribution in [-0.2, 0) is 26.0 Å². The van der Waals surface area contributed by atoms with E-state index in [2.05, 4.69) is 27.8 Å². The highest BCUT2D eigenvalue weighted by atomic mass is 32.2. The van der Waals surface area contributed by atoms with E-state index in [0.29, 0.717) is 23.4 Å². The number of amides is 3. The first-order chi connectivity index (χ1) is 19.5. The highest BCUT2D eigenvalue weighted by Gasteiger charge is 2.25. The maximum atomic E-state index is 12.4. The van der Waals surface area contributed by atoms with Gasteiger partial charge < -0.3 is 21.1 Å². The fourth-order valence-electron chi connectivity index (χ4n) is 3.57. The van der Waals surface area contributed by atoms with Crippen LogP contribution >= 0.6 is 0 Å². The average Bonchev–Trinajstić information content (AvgIpc) is 2.95. The molecular formula is C29H30N4O7S. The molecule has 2 atom stereocenters. The Morgan fingerprint density at radius 3 is 1.95 bits per heavy atom. The number of hydroxylamine groups is 1. The van der Waals surface area contributed by atoms with Gasteiger partial charge in [0.15, 0.2) is 9.84 Å². The van der Waals surface area contributed by atoms with Crippen molar-refractivity contribution in [1.82, 2.24) is 16.1 Å². The molecule has 0 spiro atoms. The predicted octanol–water partition coefficient (Wildman–Crippen LogP) is 1.20. The van der Waals surface area contributed by atoms with Crippen LogP contribution in [0.5, 0.6) is 0 Å². The molecule has 0 bridgehead atoms. The van der Waals surface area contributed by atoms with Crippen LogP contribution in [0.4, 0.5) is 5.69 Å². The molecule has 12 heteroatoms. The van der Waals surface area contributed by atoms with Gasteiger partial charge in [0.2, 0.25) is 5.91 Å². The number of rotatable bonds is 10. The summed E-state index contributed by atoms with van der Waals surface area (Å²) >= 11 is 0. The SMILES string of the molecule is C[C@@H](O)[C@H](NC(=O)c1ccc(C#Cc2ccc(NC(=O)CNCc3ccc(S(C)(=O)=O)cc3)cc2)cc1)C(=O)NO. The third-order valence-electron chi connectivity index (χ3n) is 5.79. The van der Waals surface area contributed by atoms with Crippen LogP contribution in [0.15, 0.2) is 77.7 Å². The molecule has 0 aliphatic carbocycles. The number of carbonyl (C=O) groups is 3. The number of anilines is 1. The molecule has 214 valence electrons. The normalized spacial score (nSPS) is 12.3. The van der Waals surface area contributed by atoms with E-state index in [1.807, 2.05) is 0 Å². The summed E-state index contributed by atoms with van der Waals surface area (Å²) in [6.07, 6.45) is -0.0670. The van der Waals surface area contributed by atoms with E-state index in [4.69, 9.17) is 5.21 Å². The Hall–Kier alpha value is -4.54. The van der Waals surface area contributed by atoms with Crippen molar-refractivity contribution < 1.29 is 33.1 Å². The molecule has 0 saturated heterocycles. The number of carbonyl (C=O) groups excluding carboxylic acids is 3. The number of sulfone groups is 1. The first-order valence-corrected chi connectivity index (χ1v) is 14.3. The van der Waals surface area contributed by atoms with Crippen molar-refractivity contribution in [3.63, 3.8) is 0 Å². The lowest BCUT2D eigenvalue weighted by Crippen LogP contribution is -2.51. The van der Waals surface area contributed by atoms with Crippen LogP contribution in [0, 0.1) is 11.8 Å². The first-order valence-electron chi connectivity index (χ1n) is 12.4. The quantitative estimate of drug-likeness (QED) is 0.118. The maximum Gasteiger partial charge on any atom is 0.268 e. The van der Waals surface area contributed by atoms with E-state index in [-0.39, 0.29) is 22.9 Å². The van der Waals surface area contributed by atoms with E-state index in [0.717, 1.165) is 11.8 Å². The second-order valence-electron chi connectivity index (χ2n) is 9.14. The summed E-state index contributed by atoms with van der Waals surface area (Å²) in [6.45, 7) is 1.78. The lowest BCUT2D eigenvalue weighted by molar-refractivity contribution is -0.133. The molecule has 0 unspecified atom stereocenters. The van der Waals surface area contributed by atoms with Crippen molar-refractivity contribution in [3.8, 4) is 11.8 Å². The summed E-state index contributed by atoms with van der Waals surface area (Å²) in [5.74, 6) is 4.20. The van der Waals surface area contributed by atoms with Crippen LogP contribution in [0.2, 0.25) is 0 Å². The number of benzene rings is 3. The van der Waals surface area contributed by atoms with E-state index in [1.165, 1.54) is 36.7 Å². The number of aliphatic hydroxyl groups is 1. The van der Waals surface area contributed by atoms with Gasteiger partial charge in [-0.3, -0.25) is 19.6 Å². The topological polar surface area (TPSA) is 174 Å². The molecule has 0 fully saturated rings. The van der Waals surface area contributed by atoms with E-state index in [9.17, 15) is 27.9 Å². The molecule has 41 heavy (non-hydrogen) atoms. The fourth-order valence-corrected chi connectivity index (χ4v) is 4.20. The monoisotopic (exact) mass is 578 g/mol. The molecule has 3 aromatic rings. The number of hydrogen-bond acceptors (Lipinski definition) is 8. The second-order valence-corrected chi connectivity index (χ2v) is 11.2. The standard InChI is InChI=1S/C29H30N4O7S/c1-19(34)27(29(37)33-38)32-28(36)23-11-5-20(6-12-23)3-4-21-7-13-24(14-8-21)31-26(35)18-30-17-22-9-15-25(16-10-22)41(2,39)40/h5-16,19,27,30,34,38H,17-18H2,1-2H3,(H,31,35)(H,32,36)(H,33,37)/t19-,27+/m1/s1. The maximum absolute atomic E-state index is 12.4. The molecule has 3 rings (SSSR count). The Bertz CT molecular complexity index is 1540. The molecule has 0 heterocycles. The van der Waals surface area contributed by atoms with E-state index < -0.39 is 33.8 Å². The minimum Gasteiger partial charge on any atom is -0.391 e. The Kier molecular flexibility index (Phi) is 10.7. The Balaban J connectivity index is 1.49. The van der Waals surface area contributed by atoms with Gasteiger partial charge in [-0.2, -0.15) is 0 Å². The highest BCUT2D eigenvalue weighted by molar-refractivity contribution is 7.90. The zero-order valence-electron chi connectivity index (χ0n) is 22.3. The van der Waals surface area contributed by atoms with Gasteiger partial charge in [-0.05, 0) is 73.2 Å². The zero-order valence-corrected chi connectivity index (χ0v) is 23.2. The molecule has 0 saturated carbocycles. The molecule has 3 aromatic carbocycles. The van der Waals surface area contributed by atoms with Crippen LogP contribution in [0.25, 0.3) is 0 Å². The van der Waals surface area contributed by atoms with Gasteiger partial charge in [0.25, 0.3) is 11.8 Å². The average molecular weight is 579 g/mol. The van der Waals surface area contributed by atoms with Crippen molar-refractivity contribution in [2.75, 3.05) is 18.1 Å². The smallest absolute Gasteiger partial charge is 0.268 e. The highest BCUT2D eigenvalue weighted by Crippen LogP contribution is 2.11. The van der Waals surface area contributed by atoms with Crippen LogP contribution in [0.1, 0.15) is 34.0 Å². The number of hydrogen-bond donors (Lipinski definition) is 6.